The summed E-state index contributed by atoms with van der Waals surface area (Å²) in [6, 6.07) is 10.5. The number of nitrogens with one attached hydrogen (secondary N) is 2. The van der Waals surface area contributed by atoms with Crippen molar-refractivity contribution >= 4 is 17.7 Å². The predicted octanol–water partition coefficient (Wildman–Crippen LogP) is 1.74. The number of amides is 3. The summed E-state index contributed by atoms with van der Waals surface area (Å²) in [7, 11) is 0. The molecule has 2 aromatic rings. The molecule has 0 saturated carbocycles. The van der Waals surface area contributed by atoms with Crippen LogP contribution < -0.4 is 10.6 Å². The van der Waals surface area contributed by atoms with Crippen LogP contribution in [0, 0.1) is 6.92 Å². The Labute approximate surface area is 157 Å². The van der Waals surface area contributed by atoms with E-state index in [2.05, 4.69) is 10.6 Å². The van der Waals surface area contributed by atoms with Crippen molar-refractivity contribution < 1.29 is 18.8 Å². The fourth-order valence-electron chi connectivity index (χ4n) is 3.11. The minimum absolute atomic E-state index is 0.00553. The molecule has 1 aliphatic heterocycles. The first-order chi connectivity index (χ1) is 13.0. The van der Waals surface area contributed by atoms with E-state index >= 15 is 0 Å². The van der Waals surface area contributed by atoms with E-state index in [0.29, 0.717) is 37.3 Å². The van der Waals surface area contributed by atoms with E-state index in [-0.39, 0.29) is 30.3 Å². The Morgan fingerprint density at radius 3 is 2.59 bits per heavy atom. The molecule has 0 radical (unpaired) electrons. The van der Waals surface area contributed by atoms with E-state index in [4.69, 9.17) is 4.42 Å². The fraction of sp³-hybridized carbons (Fsp3) is 0.350. The van der Waals surface area contributed by atoms with Crippen molar-refractivity contribution in [1.29, 1.82) is 0 Å². The summed E-state index contributed by atoms with van der Waals surface area (Å²) in [5.74, 6) is -0.300. The highest BCUT2D eigenvalue weighted by Crippen LogP contribution is 2.14. The number of carbonyl (C=O) groups excluding carboxylic acids is 3. The molecule has 0 aliphatic carbocycles. The van der Waals surface area contributed by atoms with Gasteiger partial charge >= 0.3 is 0 Å². The summed E-state index contributed by atoms with van der Waals surface area (Å²) in [5, 5.41) is 5.55. The second-order valence-electron chi connectivity index (χ2n) is 6.66. The number of carbonyl (C=O) groups is 3. The zero-order chi connectivity index (χ0) is 19.2. The molecule has 7 heteroatoms. The van der Waals surface area contributed by atoms with Crippen molar-refractivity contribution in [3.8, 4) is 0 Å². The molecule has 0 atom stereocenters. The van der Waals surface area contributed by atoms with Crippen molar-refractivity contribution in [3.05, 3.63) is 59.5 Å². The van der Waals surface area contributed by atoms with E-state index in [1.165, 1.54) is 6.26 Å². The monoisotopic (exact) mass is 369 g/mol. The van der Waals surface area contributed by atoms with Crippen molar-refractivity contribution in [2.75, 3.05) is 19.6 Å². The molecule has 1 aromatic carbocycles. The van der Waals surface area contributed by atoms with Gasteiger partial charge in [-0.25, -0.2) is 0 Å². The van der Waals surface area contributed by atoms with Gasteiger partial charge in [0.25, 0.3) is 11.8 Å². The number of piperidine rings is 1. The molecule has 27 heavy (non-hydrogen) atoms. The largest absolute Gasteiger partial charge is 0.459 e. The Bertz CT molecular complexity index is 808. The molecule has 3 amide bonds. The van der Waals surface area contributed by atoms with E-state index < -0.39 is 0 Å². The first kappa shape index (κ1) is 18.7. The van der Waals surface area contributed by atoms with Gasteiger partial charge in [-0.2, -0.15) is 0 Å². The first-order valence-electron chi connectivity index (χ1n) is 9.00. The molecule has 1 fully saturated rings. The number of hydrogen-bond acceptors (Lipinski definition) is 4. The zero-order valence-electron chi connectivity index (χ0n) is 15.2. The molecule has 0 unspecified atom stereocenters. The van der Waals surface area contributed by atoms with Gasteiger partial charge in [0.05, 0.1) is 12.8 Å². The van der Waals surface area contributed by atoms with Gasteiger partial charge < -0.3 is 20.0 Å². The molecular weight excluding hydrogens is 346 g/mol. The van der Waals surface area contributed by atoms with Crippen LogP contribution in [0.2, 0.25) is 0 Å². The van der Waals surface area contributed by atoms with E-state index in [0.717, 1.165) is 5.56 Å². The van der Waals surface area contributed by atoms with Crippen LogP contribution in [0.5, 0.6) is 0 Å². The second kappa shape index (κ2) is 8.53. The summed E-state index contributed by atoms with van der Waals surface area (Å²) in [6.45, 7) is 2.95. The number of aryl methyl sites for hydroxylation is 1. The second-order valence-corrected chi connectivity index (χ2v) is 6.66. The number of furan rings is 1. The maximum Gasteiger partial charge on any atom is 0.289 e. The lowest BCUT2D eigenvalue weighted by Gasteiger charge is -2.31. The highest BCUT2D eigenvalue weighted by Gasteiger charge is 2.25. The smallest absolute Gasteiger partial charge is 0.289 e. The summed E-state index contributed by atoms with van der Waals surface area (Å²) in [5.41, 5.74) is 1.52. The normalized spacial score (nSPS) is 14.6. The lowest BCUT2D eigenvalue weighted by Crippen LogP contribution is -2.48. The minimum Gasteiger partial charge on any atom is -0.459 e. The van der Waals surface area contributed by atoms with E-state index in [9.17, 15) is 14.4 Å². The Kier molecular flexibility index (Phi) is 5.90. The molecule has 1 saturated heterocycles. The van der Waals surface area contributed by atoms with Gasteiger partial charge in [-0.15, -0.1) is 0 Å². The quantitative estimate of drug-likeness (QED) is 0.840. The molecule has 1 aliphatic rings. The molecule has 0 spiro atoms. The third-order valence-electron chi connectivity index (χ3n) is 4.57. The Morgan fingerprint density at radius 1 is 1.15 bits per heavy atom. The molecule has 2 heterocycles. The van der Waals surface area contributed by atoms with Crippen molar-refractivity contribution in [2.45, 2.75) is 25.8 Å². The molecule has 2 N–H and O–H groups in total. The molecule has 0 bridgehead atoms. The summed E-state index contributed by atoms with van der Waals surface area (Å²) in [6.07, 6.45) is 2.82. The zero-order valence-corrected chi connectivity index (χ0v) is 15.2. The third-order valence-corrected chi connectivity index (χ3v) is 4.57. The Balaban J connectivity index is 1.40. The first-order valence-corrected chi connectivity index (χ1v) is 9.00. The predicted molar refractivity (Wildman–Crippen MR) is 99.3 cm³/mol. The average Bonchev–Trinajstić information content (AvgIpc) is 3.21. The van der Waals surface area contributed by atoms with Crippen LogP contribution in [0.25, 0.3) is 0 Å². The highest BCUT2D eigenvalue weighted by molar-refractivity contribution is 5.96. The highest BCUT2D eigenvalue weighted by atomic mass is 16.3. The number of likely N-dealkylation sites (tertiary alicyclic amines) is 1. The Morgan fingerprint density at radius 2 is 1.93 bits per heavy atom. The molecule has 3 rings (SSSR count). The lowest BCUT2D eigenvalue weighted by molar-refractivity contribution is -0.121. The van der Waals surface area contributed by atoms with Gasteiger partial charge in [-0.05, 0) is 44.0 Å². The van der Waals surface area contributed by atoms with Crippen LogP contribution in [-0.2, 0) is 4.79 Å². The van der Waals surface area contributed by atoms with Crippen LogP contribution in [-0.4, -0.2) is 48.3 Å². The van der Waals surface area contributed by atoms with E-state index in [1.54, 1.807) is 29.2 Å². The van der Waals surface area contributed by atoms with Crippen LogP contribution >= 0.6 is 0 Å². The fourth-order valence-corrected chi connectivity index (χ4v) is 3.11. The molecule has 1 aromatic heterocycles. The average molecular weight is 369 g/mol. The number of hydrogen-bond donors (Lipinski definition) is 2. The van der Waals surface area contributed by atoms with Crippen molar-refractivity contribution in [1.82, 2.24) is 15.5 Å². The van der Waals surface area contributed by atoms with Crippen molar-refractivity contribution in [3.63, 3.8) is 0 Å². The van der Waals surface area contributed by atoms with Gasteiger partial charge in [0, 0.05) is 24.7 Å². The molecular formula is C20H23N3O4. The van der Waals surface area contributed by atoms with Crippen LogP contribution in [0.1, 0.15) is 39.3 Å². The Hall–Kier alpha value is -3.09. The third kappa shape index (κ3) is 4.97. The maximum absolute atomic E-state index is 12.2. The topological polar surface area (TPSA) is 91.7 Å². The van der Waals surface area contributed by atoms with Gasteiger partial charge in [0.1, 0.15) is 0 Å². The number of benzene rings is 1. The molecule has 142 valence electrons. The van der Waals surface area contributed by atoms with Gasteiger partial charge in [0.15, 0.2) is 5.76 Å². The van der Waals surface area contributed by atoms with Gasteiger partial charge in [0.2, 0.25) is 5.91 Å². The van der Waals surface area contributed by atoms with Gasteiger partial charge in [-0.3, -0.25) is 14.4 Å². The molecule has 7 nitrogen and oxygen atoms in total. The summed E-state index contributed by atoms with van der Waals surface area (Å²) >= 11 is 0. The number of nitrogens with zero attached hydrogens (tertiary/aromatic N) is 1. The standard InChI is InChI=1S/C20H23N3O4/c1-14-4-2-5-15(12-14)19(25)21-13-18(24)22-16-7-9-23(10-8-16)20(26)17-6-3-11-27-17/h2-6,11-12,16H,7-10,13H2,1H3,(H,21,25)(H,22,24). The maximum atomic E-state index is 12.2. The minimum atomic E-state index is -0.271. The van der Waals surface area contributed by atoms with Gasteiger partial charge in [-0.1, -0.05) is 17.7 Å². The summed E-state index contributed by atoms with van der Waals surface area (Å²) < 4.78 is 5.14. The summed E-state index contributed by atoms with van der Waals surface area (Å²) in [4.78, 5) is 38.1. The number of rotatable bonds is 5. The van der Waals surface area contributed by atoms with Crippen molar-refractivity contribution in [2.24, 2.45) is 0 Å². The van der Waals surface area contributed by atoms with Crippen LogP contribution in [0.3, 0.4) is 0 Å². The SMILES string of the molecule is Cc1cccc(C(=O)NCC(=O)NC2CCN(C(=O)c3ccco3)CC2)c1. The van der Waals surface area contributed by atoms with Crippen LogP contribution in [0.4, 0.5) is 0 Å². The van der Waals surface area contributed by atoms with Crippen LogP contribution in [0.15, 0.2) is 47.1 Å². The van der Waals surface area contributed by atoms with E-state index in [1.807, 2.05) is 19.1 Å². The lowest BCUT2D eigenvalue weighted by atomic mass is 10.0.